The second-order valence-corrected chi connectivity index (χ2v) is 4.02. The van der Waals surface area contributed by atoms with Gasteiger partial charge in [-0.1, -0.05) is 13.3 Å². The number of amidine groups is 1. The lowest BCUT2D eigenvalue weighted by molar-refractivity contribution is 0.250. The molecule has 2 amide bonds. The SMILES string of the molecule is CCCC(NC(=O)Nc1ccc(F)cc1F)C(=N)N. The minimum Gasteiger partial charge on any atom is -0.386 e. The maximum atomic E-state index is 13.3. The van der Waals surface area contributed by atoms with Crippen LogP contribution in [0.2, 0.25) is 0 Å². The first kappa shape index (κ1) is 14.9. The van der Waals surface area contributed by atoms with Crippen LogP contribution < -0.4 is 16.4 Å². The van der Waals surface area contributed by atoms with Gasteiger partial charge in [-0.15, -0.1) is 0 Å². The Kier molecular flexibility index (Phi) is 5.23. The average molecular weight is 270 g/mol. The van der Waals surface area contributed by atoms with Gasteiger partial charge in [0.25, 0.3) is 0 Å². The molecule has 0 aliphatic rings. The van der Waals surface area contributed by atoms with Crippen molar-refractivity contribution in [2.45, 2.75) is 25.8 Å². The Bertz CT molecular complexity index is 479. The number of rotatable bonds is 5. The first-order chi connectivity index (χ1) is 8.93. The van der Waals surface area contributed by atoms with Gasteiger partial charge in [-0.3, -0.25) is 5.41 Å². The first-order valence-corrected chi connectivity index (χ1v) is 5.80. The van der Waals surface area contributed by atoms with Crippen molar-refractivity contribution in [1.29, 1.82) is 5.41 Å². The van der Waals surface area contributed by atoms with Crippen LogP contribution in [0, 0.1) is 17.0 Å². The number of benzene rings is 1. The van der Waals surface area contributed by atoms with Gasteiger partial charge in [0, 0.05) is 6.07 Å². The number of nitrogens with one attached hydrogen (secondary N) is 3. The highest BCUT2D eigenvalue weighted by atomic mass is 19.1. The molecular formula is C12H16F2N4O. The smallest absolute Gasteiger partial charge is 0.319 e. The van der Waals surface area contributed by atoms with Gasteiger partial charge < -0.3 is 16.4 Å². The Morgan fingerprint density at radius 2 is 2.16 bits per heavy atom. The number of urea groups is 1. The summed E-state index contributed by atoms with van der Waals surface area (Å²) in [5.41, 5.74) is 5.19. The normalized spacial score (nSPS) is 11.7. The topological polar surface area (TPSA) is 91.0 Å². The predicted molar refractivity (Wildman–Crippen MR) is 69.1 cm³/mol. The molecule has 0 spiro atoms. The lowest BCUT2D eigenvalue weighted by Crippen LogP contribution is -2.45. The zero-order valence-electron chi connectivity index (χ0n) is 10.5. The first-order valence-electron chi connectivity index (χ1n) is 5.80. The summed E-state index contributed by atoms with van der Waals surface area (Å²) >= 11 is 0. The molecule has 1 unspecified atom stereocenters. The number of amides is 2. The van der Waals surface area contributed by atoms with Gasteiger partial charge in [0.1, 0.15) is 17.5 Å². The third-order valence-electron chi connectivity index (χ3n) is 2.44. The molecule has 0 fully saturated rings. The summed E-state index contributed by atoms with van der Waals surface area (Å²) in [4.78, 5) is 11.6. The maximum absolute atomic E-state index is 13.3. The minimum absolute atomic E-state index is 0.141. The monoisotopic (exact) mass is 270 g/mol. The number of hydrogen-bond donors (Lipinski definition) is 4. The molecule has 1 atom stereocenters. The highest BCUT2D eigenvalue weighted by Gasteiger charge is 2.15. The molecule has 1 rings (SSSR count). The molecule has 7 heteroatoms. The number of carbonyl (C=O) groups excluding carboxylic acids is 1. The van der Waals surface area contributed by atoms with E-state index < -0.39 is 23.7 Å². The molecule has 0 aliphatic heterocycles. The number of hydrogen-bond acceptors (Lipinski definition) is 2. The van der Waals surface area contributed by atoms with E-state index in [9.17, 15) is 13.6 Å². The van der Waals surface area contributed by atoms with Crippen molar-refractivity contribution in [3.8, 4) is 0 Å². The van der Waals surface area contributed by atoms with E-state index in [4.69, 9.17) is 11.1 Å². The van der Waals surface area contributed by atoms with Crippen LogP contribution in [0.4, 0.5) is 19.3 Å². The third kappa shape index (κ3) is 4.53. The van der Waals surface area contributed by atoms with Gasteiger partial charge in [0.15, 0.2) is 0 Å². The lowest BCUT2D eigenvalue weighted by Gasteiger charge is -2.17. The van der Waals surface area contributed by atoms with Crippen molar-refractivity contribution in [2.75, 3.05) is 5.32 Å². The maximum Gasteiger partial charge on any atom is 0.319 e. The molecule has 1 aromatic carbocycles. The van der Waals surface area contributed by atoms with Crippen LogP contribution in [-0.4, -0.2) is 17.9 Å². The van der Waals surface area contributed by atoms with E-state index in [1.807, 2.05) is 6.92 Å². The summed E-state index contributed by atoms with van der Waals surface area (Å²) < 4.78 is 26.0. The summed E-state index contributed by atoms with van der Waals surface area (Å²) in [5.74, 6) is -1.77. The molecule has 0 saturated heterocycles. The Labute approximate surface area is 109 Å². The van der Waals surface area contributed by atoms with Crippen LogP contribution in [0.1, 0.15) is 19.8 Å². The molecule has 0 radical (unpaired) electrons. The molecule has 5 nitrogen and oxygen atoms in total. The number of halogens is 2. The highest BCUT2D eigenvalue weighted by Crippen LogP contribution is 2.14. The summed E-state index contributed by atoms with van der Waals surface area (Å²) in [6.07, 6.45) is 1.24. The lowest BCUT2D eigenvalue weighted by atomic mass is 10.1. The van der Waals surface area contributed by atoms with E-state index in [1.54, 1.807) is 0 Å². The third-order valence-corrected chi connectivity index (χ3v) is 2.44. The second kappa shape index (κ2) is 6.67. The van der Waals surface area contributed by atoms with Gasteiger partial charge in [-0.2, -0.15) is 0 Å². The summed E-state index contributed by atoms with van der Waals surface area (Å²) in [7, 11) is 0. The Balaban J connectivity index is 2.66. The van der Waals surface area contributed by atoms with E-state index in [2.05, 4.69) is 10.6 Å². The van der Waals surface area contributed by atoms with Crippen molar-refractivity contribution >= 4 is 17.6 Å². The Morgan fingerprint density at radius 3 is 2.68 bits per heavy atom. The van der Waals surface area contributed by atoms with Gasteiger partial charge >= 0.3 is 6.03 Å². The van der Waals surface area contributed by atoms with Gasteiger partial charge in [0.2, 0.25) is 0 Å². The summed E-state index contributed by atoms with van der Waals surface area (Å²) in [6.45, 7) is 1.88. The van der Waals surface area contributed by atoms with Crippen molar-refractivity contribution in [2.24, 2.45) is 5.73 Å². The largest absolute Gasteiger partial charge is 0.386 e. The van der Waals surface area contributed by atoms with Crippen molar-refractivity contribution in [3.63, 3.8) is 0 Å². The van der Waals surface area contributed by atoms with E-state index in [1.165, 1.54) is 0 Å². The zero-order chi connectivity index (χ0) is 14.4. The van der Waals surface area contributed by atoms with Crippen LogP contribution in [0.3, 0.4) is 0 Å². The average Bonchev–Trinajstić information content (AvgIpc) is 2.32. The molecule has 104 valence electrons. The van der Waals surface area contributed by atoms with Crippen LogP contribution in [0.25, 0.3) is 0 Å². The molecule has 0 saturated carbocycles. The van der Waals surface area contributed by atoms with E-state index in [0.717, 1.165) is 18.6 Å². The molecule has 0 aliphatic carbocycles. The molecule has 19 heavy (non-hydrogen) atoms. The van der Waals surface area contributed by atoms with Crippen molar-refractivity contribution in [1.82, 2.24) is 5.32 Å². The number of nitrogens with two attached hydrogens (primary N) is 1. The molecule has 0 heterocycles. The van der Waals surface area contributed by atoms with E-state index in [0.29, 0.717) is 12.5 Å². The predicted octanol–water partition coefficient (Wildman–Crippen LogP) is 2.19. The quantitative estimate of drug-likeness (QED) is 0.488. The fourth-order valence-electron chi connectivity index (χ4n) is 1.50. The number of carbonyl (C=O) groups is 1. The highest BCUT2D eigenvalue weighted by molar-refractivity contribution is 5.94. The Hall–Kier alpha value is -2.18. The molecule has 0 aromatic heterocycles. The number of anilines is 1. The second-order valence-electron chi connectivity index (χ2n) is 4.02. The van der Waals surface area contributed by atoms with Gasteiger partial charge in [-0.05, 0) is 18.6 Å². The van der Waals surface area contributed by atoms with Gasteiger partial charge in [-0.25, -0.2) is 13.6 Å². The zero-order valence-corrected chi connectivity index (χ0v) is 10.5. The molecule has 0 bridgehead atoms. The van der Waals surface area contributed by atoms with Crippen LogP contribution in [0.5, 0.6) is 0 Å². The van der Waals surface area contributed by atoms with Crippen molar-refractivity contribution in [3.05, 3.63) is 29.8 Å². The van der Waals surface area contributed by atoms with E-state index in [-0.39, 0.29) is 11.5 Å². The van der Waals surface area contributed by atoms with E-state index >= 15 is 0 Å². The Morgan fingerprint density at radius 1 is 1.47 bits per heavy atom. The summed E-state index contributed by atoms with van der Waals surface area (Å²) in [6, 6.07) is 1.53. The molecular weight excluding hydrogens is 254 g/mol. The fourth-order valence-corrected chi connectivity index (χ4v) is 1.50. The standard InChI is InChI=1S/C12H16F2N4O/c1-2-3-10(11(15)16)18-12(19)17-9-5-4-7(13)6-8(9)14/h4-6,10H,2-3H2,1H3,(H3,15,16)(H2,17,18,19). The van der Waals surface area contributed by atoms with Gasteiger partial charge in [0.05, 0.1) is 11.7 Å². The van der Waals surface area contributed by atoms with Crippen LogP contribution >= 0.6 is 0 Å². The van der Waals surface area contributed by atoms with Crippen LogP contribution in [-0.2, 0) is 0 Å². The minimum atomic E-state index is -0.870. The van der Waals surface area contributed by atoms with Crippen LogP contribution in [0.15, 0.2) is 18.2 Å². The fraction of sp³-hybridized carbons (Fsp3) is 0.333. The summed E-state index contributed by atoms with van der Waals surface area (Å²) in [5, 5.41) is 12.0. The molecule has 5 N–H and O–H groups in total. The van der Waals surface area contributed by atoms with Crippen molar-refractivity contribution < 1.29 is 13.6 Å². The molecule has 1 aromatic rings.